The van der Waals surface area contributed by atoms with Gasteiger partial charge in [-0.3, -0.25) is 0 Å². The van der Waals surface area contributed by atoms with Crippen molar-refractivity contribution in [2.24, 2.45) is 0 Å². The fraction of sp³-hybridized carbons (Fsp3) is 0.143. The Labute approximate surface area is 133 Å². The third-order valence-electron chi connectivity index (χ3n) is 2.92. The minimum Gasteiger partial charge on any atom is -0.398 e. The van der Waals surface area contributed by atoms with Gasteiger partial charge >= 0.3 is 6.18 Å². The monoisotopic (exact) mass is 378 g/mol. The van der Waals surface area contributed by atoms with E-state index in [0.717, 1.165) is 17.7 Å². The highest BCUT2D eigenvalue weighted by Gasteiger charge is 2.30. The Balaban J connectivity index is 2.35. The van der Waals surface area contributed by atoms with Crippen molar-refractivity contribution in [2.75, 3.05) is 11.1 Å². The number of hydrogen-bond acceptors (Lipinski definition) is 2. The van der Waals surface area contributed by atoms with Gasteiger partial charge in [0, 0.05) is 10.2 Å². The average Bonchev–Trinajstić information content (AvgIpc) is 2.36. The van der Waals surface area contributed by atoms with Gasteiger partial charge in [0.25, 0.3) is 0 Å². The molecule has 3 N–H and O–H groups in total. The van der Waals surface area contributed by atoms with Crippen molar-refractivity contribution in [3.05, 3.63) is 51.0 Å². The molecule has 0 aliphatic heterocycles. The Morgan fingerprint density at radius 1 is 1.14 bits per heavy atom. The van der Waals surface area contributed by atoms with Gasteiger partial charge in [0.15, 0.2) is 0 Å². The molecule has 0 heterocycles. The molecule has 0 spiro atoms. The number of nitrogen functional groups attached to an aromatic ring is 1. The van der Waals surface area contributed by atoms with Crippen LogP contribution >= 0.6 is 27.5 Å². The van der Waals surface area contributed by atoms with Crippen LogP contribution in [-0.2, 0) is 6.18 Å². The lowest BCUT2D eigenvalue weighted by Gasteiger charge is -2.14. The summed E-state index contributed by atoms with van der Waals surface area (Å²) in [5.74, 6) is 0. The van der Waals surface area contributed by atoms with Crippen LogP contribution in [0.1, 0.15) is 11.1 Å². The van der Waals surface area contributed by atoms with E-state index in [-0.39, 0.29) is 5.02 Å². The van der Waals surface area contributed by atoms with Gasteiger partial charge in [0.05, 0.1) is 22.0 Å². The van der Waals surface area contributed by atoms with Gasteiger partial charge in [-0.25, -0.2) is 0 Å². The van der Waals surface area contributed by atoms with Crippen molar-refractivity contribution in [1.29, 1.82) is 0 Å². The number of nitrogens with one attached hydrogen (secondary N) is 1. The van der Waals surface area contributed by atoms with E-state index in [4.69, 9.17) is 17.3 Å². The summed E-state index contributed by atoms with van der Waals surface area (Å²) in [6.07, 6.45) is -4.42. The SMILES string of the molecule is Cc1cc(Nc2ccc(C(F)(F)F)cc2Cl)c(Br)cc1N. The highest BCUT2D eigenvalue weighted by molar-refractivity contribution is 9.10. The van der Waals surface area contributed by atoms with Gasteiger partial charge in [-0.2, -0.15) is 13.2 Å². The molecule has 0 atom stereocenters. The molecule has 21 heavy (non-hydrogen) atoms. The van der Waals surface area contributed by atoms with E-state index >= 15 is 0 Å². The second-order valence-electron chi connectivity index (χ2n) is 4.51. The largest absolute Gasteiger partial charge is 0.416 e. The van der Waals surface area contributed by atoms with Crippen LogP contribution in [0.5, 0.6) is 0 Å². The van der Waals surface area contributed by atoms with Crippen molar-refractivity contribution in [3.8, 4) is 0 Å². The zero-order chi connectivity index (χ0) is 15.8. The molecule has 0 aliphatic carbocycles. The topological polar surface area (TPSA) is 38.0 Å². The van der Waals surface area contributed by atoms with Crippen LogP contribution in [0, 0.1) is 6.92 Å². The molecule has 0 saturated carbocycles. The molecule has 2 aromatic carbocycles. The maximum absolute atomic E-state index is 12.6. The maximum Gasteiger partial charge on any atom is 0.416 e. The predicted octanol–water partition coefficient (Wildman–Crippen LogP) is 5.76. The molecule has 0 unspecified atom stereocenters. The molecule has 7 heteroatoms. The second kappa shape index (κ2) is 5.77. The lowest BCUT2D eigenvalue weighted by Crippen LogP contribution is -2.05. The van der Waals surface area contributed by atoms with Gasteiger partial charge in [-0.05, 0) is 58.7 Å². The molecule has 0 fully saturated rings. The molecular formula is C14H11BrClF3N2. The fourth-order valence-corrected chi connectivity index (χ4v) is 2.42. The summed E-state index contributed by atoms with van der Waals surface area (Å²) in [6.45, 7) is 1.83. The highest BCUT2D eigenvalue weighted by atomic mass is 79.9. The van der Waals surface area contributed by atoms with E-state index in [0.29, 0.717) is 21.5 Å². The van der Waals surface area contributed by atoms with Crippen molar-refractivity contribution in [1.82, 2.24) is 0 Å². The first-order chi connectivity index (χ1) is 9.68. The van der Waals surface area contributed by atoms with E-state index in [1.807, 2.05) is 6.92 Å². The van der Waals surface area contributed by atoms with Crippen LogP contribution in [0.4, 0.5) is 30.2 Å². The number of nitrogens with two attached hydrogens (primary N) is 1. The summed E-state index contributed by atoms with van der Waals surface area (Å²) < 4.78 is 38.5. The first kappa shape index (κ1) is 16.0. The van der Waals surface area contributed by atoms with Crippen LogP contribution in [0.3, 0.4) is 0 Å². The highest BCUT2D eigenvalue weighted by Crippen LogP contribution is 2.36. The lowest BCUT2D eigenvalue weighted by molar-refractivity contribution is -0.137. The van der Waals surface area contributed by atoms with Crippen molar-refractivity contribution in [3.63, 3.8) is 0 Å². The molecule has 2 aromatic rings. The van der Waals surface area contributed by atoms with E-state index in [1.165, 1.54) is 6.07 Å². The van der Waals surface area contributed by atoms with Crippen molar-refractivity contribution >= 4 is 44.6 Å². The molecule has 0 radical (unpaired) electrons. The molecular weight excluding hydrogens is 369 g/mol. The first-order valence-corrected chi connectivity index (χ1v) is 7.05. The molecule has 0 aromatic heterocycles. The van der Waals surface area contributed by atoms with E-state index in [9.17, 15) is 13.2 Å². The summed E-state index contributed by atoms with van der Waals surface area (Å²) in [5, 5.41) is 2.98. The fourth-order valence-electron chi connectivity index (χ4n) is 1.73. The van der Waals surface area contributed by atoms with Gasteiger partial charge < -0.3 is 11.1 Å². The minimum absolute atomic E-state index is 0.00815. The normalized spacial score (nSPS) is 11.5. The Hall–Kier alpha value is -1.40. The zero-order valence-electron chi connectivity index (χ0n) is 10.9. The average molecular weight is 380 g/mol. The Kier molecular flexibility index (Phi) is 4.39. The zero-order valence-corrected chi connectivity index (χ0v) is 13.2. The summed E-state index contributed by atoms with van der Waals surface area (Å²) in [6, 6.07) is 6.67. The van der Waals surface area contributed by atoms with Crippen LogP contribution in [0.25, 0.3) is 0 Å². The smallest absolute Gasteiger partial charge is 0.398 e. The van der Waals surface area contributed by atoms with Gasteiger partial charge in [-0.1, -0.05) is 11.6 Å². The maximum atomic E-state index is 12.6. The van der Waals surface area contributed by atoms with Crippen LogP contribution in [0.2, 0.25) is 5.02 Å². The van der Waals surface area contributed by atoms with E-state index in [1.54, 1.807) is 12.1 Å². The Morgan fingerprint density at radius 3 is 2.38 bits per heavy atom. The van der Waals surface area contributed by atoms with Crippen LogP contribution in [-0.4, -0.2) is 0 Å². The van der Waals surface area contributed by atoms with Gasteiger partial charge in [-0.15, -0.1) is 0 Å². The number of hydrogen-bond donors (Lipinski definition) is 2. The molecule has 0 aliphatic rings. The summed E-state index contributed by atoms with van der Waals surface area (Å²) >= 11 is 9.25. The minimum atomic E-state index is -4.42. The number of halogens is 5. The van der Waals surface area contributed by atoms with Crippen molar-refractivity contribution < 1.29 is 13.2 Å². The number of anilines is 3. The molecule has 2 rings (SSSR count). The summed E-state index contributed by atoms with van der Waals surface area (Å²) in [5.41, 5.74) is 7.51. The molecule has 112 valence electrons. The third kappa shape index (κ3) is 3.63. The molecule has 0 bridgehead atoms. The van der Waals surface area contributed by atoms with Gasteiger partial charge in [0.2, 0.25) is 0 Å². The number of rotatable bonds is 2. The lowest BCUT2D eigenvalue weighted by atomic mass is 10.1. The quantitative estimate of drug-likeness (QED) is 0.651. The van der Waals surface area contributed by atoms with Crippen LogP contribution < -0.4 is 11.1 Å². The second-order valence-corrected chi connectivity index (χ2v) is 5.77. The van der Waals surface area contributed by atoms with E-state index < -0.39 is 11.7 Å². The van der Waals surface area contributed by atoms with Crippen LogP contribution in [0.15, 0.2) is 34.8 Å². The summed E-state index contributed by atoms with van der Waals surface area (Å²) in [4.78, 5) is 0. The predicted molar refractivity (Wildman–Crippen MR) is 83.0 cm³/mol. The number of benzene rings is 2. The molecule has 0 saturated heterocycles. The van der Waals surface area contributed by atoms with Crippen molar-refractivity contribution in [2.45, 2.75) is 13.1 Å². The first-order valence-electron chi connectivity index (χ1n) is 5.88. The summed E-state index contributed by atoms with van der Waals surface area (Å²) in [7, 11) is 0. The number of aryl methyl sites for hydroxylation is 1. The molecule has 2 nitrogen and oxygen atoms in total. The standard InChI is InChI=1S/C14H11BrClF3N2/c1-7-4-13(9(15)6-11(7)20)21-12-3-2-8(5-10(12)16)14(17,18)19/h2-6,21H,20H2,1H3. The third-order valence-corrected chi connectivity index (χ3v) is 3.89. The Morgan fingerprint density at radius 2 is 1.81 bits per heavy atom. The molecule has 0 amide bonds. The van der Waals surface area contributed by atoms with E-state index in [2.05, 4.69) is 21.2 Å². The number of alkyl halides is 3. The Bertz CT molecular complexity index is 687. The van der Waals surface area contributed by atoms with Gasteiger partial charge in [0.1, 0.15) is 0 Å².